The van der Waals surface area contributed by atoms with Crippen molar-refractivity contribution in [1.29, 1.82) is 0 Å². The van der Waals surface area contributed by atoms with Gasteiger partial charge in [-0.1, -0.05) is 51.0 Å². The topological polar surface area (TPSA) is 12.0 Å². The molecule has 1 fully saturated rings. The molecule has 0 heterocycles. The van der Waals surface area contributed by atoms with Gasteiger partial charge in [0.15, 0.2) is 0 Å². The van der Waals surface area contributed by atoms with Crippen LogP contribution in [0.3, 0.4) is 0 Å². The number of hydrogen-bond donors (Lipinski definition) is 1. The van der Waals surface area contributed by atoms with Crippen LogP contribution in [0.2, 0.25) is 0 Å². The van der Waals surface area contributed by atoms with Crippen LogP contribution in [0.1, 0.15) is 50.7 Å². The SMILES string of the molecule is CCNC1CCCCC1Cc1ccc(CC)cc1. The predicted molar refractivity (Wildman–Crippen MR) is 78.9 cm³/mol. The van der Waals surface area contributed by atoms with Crippen molar-refractivity contribution in [1.82, 2.24) is 5.32 Å². The van der Waals surface area contributed by atoms with Crippen molar-refractivity contribution in [2.75, 3.05) is 6.54 Å². The van der Waals surface area contributed by atoms with Gasteiger partial charge in [0, 0.05) is 6.04 Å². The summed E-state index contributed by atoms with van der Waals surface area (Å²) in [5.74, 6) is 0.839. The highest BCUT2D eigenvalue weighted by Crippen LogP contribution is 2.27. The second-order valence-corrected chi connectivity index (χ2v) is 5.58. The van der Waals surface area contributed by atoms with Gasteiger partial charge in [0.25, 0.3) is 0 Å². The average molecular weight is 245 g/mol. The third-order valence-electron chi connectivity index (χ3n) is 4.30. The molecule has 2 atom stereocenters. The van der Waals surface area contributed by atoms with E-state index in [1.54, 1.807) is 0 Å². The summed E-state index contributed by atoms with van der Waals surface area (Å²) in [5, 5.41) is 3.68. The lowest BCUT2D eigenvalue weighted by Crippen LogP contribution is -2.39. The minimum absolute atomic E-state index is 0.745. The Balaban J connectivity index is 1.96. The van der Waals surface area contributed by atoms with E-state index < -0.39 is 0 Å². The Morgan fingerprint density at radius 3 is 2.33 bits per heavy atom. The van der Waals surface area contributed by atoms with E-state index in [0.29, 0.717) is 0 Å². The summed E-state index contributed by atoms with van der Waals surface area (Å²) in [7, 11) is 0. The zero-order chi connectivity index (χ0) is 12.8. The fourth-order valence-corrected chi connectivity index (χ4v) is 3.20. The van der Waals surface area contributed by atoms with E-state index in [2.05, 4.69) is 43.4 Å². The molecule has 1 aliphatic carbocycles. The maximum atomic E-state index is 3.68. The normalized spacial score (nSPS) is 24.1. The van der Waals surface area contributed by atoms with Crippen LogP contribution in [-0.2, 0) is 12.8 Å². The number of benzene rings is 1. The maximum Gasteiger partial charge on any atom is 0.00983 e. The van der Waals surface area contributed by atoms with Gasteiger partial charge in [-0.05, 0) is 49.3 Å². The highest BCUT2D eigenvalue weighted by molar-refractivity contribution is 5.23. The lowest BCUT2D eigenvalue weighted by molar-refractivity contribution is 0.264. The Morgan fingerprint density at radius 1 is 1.00 bits per heavy atom. The molecule has 1 N–H and O–H groups in total. The second kappa shape index (κ2) is 6.94. The van der Waals surface area contributed by atoms with Crippen LogP contribution >= 0.6 is 0 Å². The van der Waals surface area contributed by atoms with Crippen LogP contribution in [0.25, 0.3) is 0 Å². The number of rotatable bonds is 5. The Hall–Kier alpha value is -0.820. The van der Waals surface area contributed by atoms with Gasteiger partial charge in [0.05, 0.1) is 0 Å². The highest BCUT2D eigenvalue weighted by atomic mass is 14.9. The van der Waals surface area contributed by atoms with E-state index in [1.807, 2.05) is 0 Å². The standard InChI is InChI=1S/C17H27N/c1-3-14-9-11-15(12-10-14)13-16-7-5-6-8-17(16)18-4-2/h9-12,16-18H,3-8,13H2,1-2H3. The van der Waals surface area contributed by atoms with Crippen molar-refractivity contribution >= 4 is 0 Å². The van der Waals surface area contributed by atoms with Crippen LogP contribution in [0, 0.1) is 5.92 Å². The number of aryl methyl sites for hydroxylation is 1. The molecule has 0 aromatic heterocycles. The number of nitrogens with one attached hydrogen (secondary N) is 1. The lowest BCUT2D eigenvalue weighted by atomic mass is 9.80. The fourth-order valence-electron chi connectivity index (χ4n) is 3.20. The van der Waals surface area contributed by atoms with E-state index in [9.17, 15) is 0 Å². The molecule has 1 saturated carbocycles. The third-order valence-corrected chi connectivity index (χ3v) is 4.30. The summed E-state index contributed by atoms with van der Waals surface area (Å²) in [4.78, 5) is 0. The van der Waals surface area contributed by atoms with Gasteiger partial charge in [-0.2, -0.15) is 0 Å². The molecule has 1 aromatic carbocycles. The van der Waals surface area contributed by atoms with Crippen LogP contribution < -0.4 is 5.32 Å². The van der Waals surface area contributed by atoms with Crippen LogP contribution in [0.15, 0.2) is 24.3 Å². The first kappa shape index (κ1) is 13.6. The maximum absolute atomic E-state index is 3.68. The third kappa shape index (κ3) is 3.58. The van der Waals surface area contributed by atoms with Crippen LogP contribution in [0.5, 0.6) is 0 Å². The molecular weight excluding hydrogens is 218 g/mol. The molecule has 1 nitrogen and oxygen atoms in total. The molecule has 1 aliphatic rings. The lowest BCUT2D eigenvalue weighted by Gasteiger charge is -2.32. The first-order chi connectivity index (χ1) is 8.83. The number of hydrogen-bond acceptors (Lipinski definition) is 1. The Labute approximate surface area is 112 Å². The van der Waals surface area contributed by atoms with E-state index in [0.717, 1.165) is 24.9 Å². The second-order valence-electron chi connectivity index (χ2n) is 5.58. The minimum Gasteiger partial charge on any atom is -0.314 e. The molecule has 1 aromatic rings. The molecule has 2 rings (SSSR count). The smallest absolute Gasteiger partial charge is 0.00983 e. The van der Waals surface area contributed by atoms with Gasteiger partial charge in [-0.25, -0.2) is 0 Å². The first-order valence-corrected chi connectivity index (χ1v) is 7.64. The van der Waals surface area contributed by atoms with Gasteiger partial charge >= 0.3 is 0 Å². The average Bonchev–Trinajstić information content (AvgIpc) is 2.42. The molecule has 2 unspecified atom stereocenters. The van der Waals surface area contributed by atoms with Gasteiger partial charge in [0.1, 0.15) is 0 Å². The summed E-state index contributed by atoms with van der Waals surface area (Å²) in [6, 6.07) is 9.99. The van der Waals surface area contributed by atoms with E-state index >= 15 is 0 Å². The summed E-state index contributed by atoms with van der Waals surface area (Å²) >= 11 is 0. The largest absolute Gasteiger partial charge is 0.314 e. The van der Waals surface area contributed by atoms with E-state index in [4.69, 9.17) is 0 Å². The molecule has 100 valence electrons. The van der Waals surface area contributed by atoms with Crippen molar-refractivity contribution in [2.45, 2.75) is 58.4 Å². The molecule has 0 amide bonds. The molecule has 0 radical (unpaired) electrons. The Kier molecular flexibility index (Phi) is 5.25. The molecule has 0 spiro atoms. The molecule has 18 heavy (non-hydrogen) atoms. The Bertz CT molecular complexity index is 339. The van der Waals surface area contributed by atoms with Crippen molar-refractivity contribution in [2.24, 2.45) is 5.92 Å². The van der Waals surface area contributed by atoms with Crippen molar-refractivity contribution < 1.29 is 0 Å². The van der Waals surface area contributed by atoms with Gasteiger partial charge < -0.3 is 5.32 Å². The summed E-state index contributed by atoms with van der Waals surface area (Å²) < 4.78 is 0. The Morgan fingerprint density at radius 2 is 1.67 bits per heavy atom. The van der Waals surface area contributed by atoms with E-state index in [-0.39, 0.29) is 0 Å². The highest BCUT2D eigenvalue weighted by Gasteiger charge is 2.24. The molecular formula is C17H27N. The predicted octanol–water partition coefficient (Wildman–Crippen LogP) is 3.96. The van der Waals surface area contributed by atoms with Crippen LogP contribution in [0.4, 0.5) is 0 Å². The van der Waals surface area contributed by atoms with Gasteiger partial charge in [0.2, 0.25) is 0 Å². The first-order valence-electron chi connectivity index (χ1n) is 7.64. The van der Waals surface area contributed by atoms with Crippen LogP contribution in [-0.4, -0.2) is 12.6 Å². The van der Waals surface area contributed by atoms with E-state index in [1.165, 1.54) is 43.2 Å². The summed E-state index contributed by atoms with van der Waals surface area (Å²) in [6.07, 6.45) is 7.98. The van der Waals surface area contributed by atoms with Crippen molar-refractivity contribution in [3.8, 4) is 0 Å². The minimum atomic E-state index is 0.745. The molecule has 1 heteroatoms. The monoisotopic (exact) mass is 245 g/mol. The fraction of sp³-hybridized carbons (Fsp3) is 0.647. The molecule has 0 bridgehead atoms. The van der Waals surface area contributed by atoms with Gasteiger partial charge in [-0.15, -0.1) is 0 Å². The summed E-state index contributed by atoms with van der Waals surface area (Å²) in [5.41, 5.74) is 2.97. The zero-order valence-corrected chi connectivity index (χ0v) is 11.9. The van der Waals surface area contributed by atoms with Crippen molar-refractivity contribution in [3.63, 3.8) is 0 Å². The van der Waals surface area contributed by atoms with Crippen molar-refractivity contribution in [3.05, 3.63) is 35.4 Å². The van der Waals surface area contributed by atoms with Gasteiger partial charge in [-0.3, -0.25) is 0 Å². The molecule has 0 aliphatic heterocycles. The molecule has 0 saturated heterocycles. The zero-order valence-electron chi connectivity index (χ0n) is 11.9. The quantitative estimate of drug-likeness (QED) is 0.828. The summed E-state index contributed by atoms with van der Waals surface area (Å²) in [6.45, 7) is 5.55.